The summed E-state index contributed by atoms with van der Waals surface area (Å²) < 4.78 is 0. The van der Waals surface area contributed by atoms with Gasteiger partial charge in [0.25, 0.3) is 0 Å². The average molecular weight is 366 g/mol. The summed E-state index contributed by atoms with van der Waals surface area (Å²) in [5.41, 5.74) is 5.46. The third kappa shape index (κ3) is 4.72. The van der Waals surface area contributed by atoms with E-state index in [0.717, 1.165) is 12.8 Å². The molecule has 1 heterocycles. The Hall–Kier alpha value is -2.08. The highest BCUT2D eigenvalue weighted by molar-refractivity contribution is 6.34. The lowest BCUT2D eigenvalue weighted by atomic mass is 9.91. The van der Waals surface area contributed by atoms with Crippen molar-refractivity contribution in [3.05, 3.63) is 28.8 Å². The van der Waals surface area contributed by atoms with E-state index in [1.54, 1.807) is 11.0 Å². The van der Waals surface area contributed by atoms with Crippen LogP contribution in [0.15, 0.2) is 18.2 Å². The van der Waals surface area contributed by atoms with Crippen LogP contribution >= 0.6 is 11.6 Å². The number of anilines is 1. The molecule has 0 spiro atoms. The zero-order valence-electron chi connectivity index (χ0n) is 14.8. The maximum absolute atomic E-state index is 12.5. The molecule has 1 aliphatic heterocycles. The van der Waals surface area contributed by atoms with Crippen LogP contribution in [-0.2, 0) is 9.59 Å². The van der Waals surface area contributed by atoms with Gasteiger partial charge in [0.05, 0.1) is 16.5 Å². The topological polar surface area (TPSA) is 92.5 Å². The molecular weight excluding hydrogens is 342 g/mol. The Bertz CT molecular complexity index is 697. The second-order valence-corrected chi connectivity index (χ2v) is 7.80. The molecule has 7 heteroatoms. The van der Waals surface area contributed by atoms with Crippen LogP contribution in [0.1, 0.15) is 44.0 Å². The number of primary amides is 1. The molecule has 0 aromatic heterocycles. The van der Waals surface area contributed by atoms with Gasteiger partial charge in [-0.2, -0.15) is 0 Å². The average Bonchev–Trinajstić information content (AvgIpc) is 2.53. The first kappa shape index (κ1) is 19.2. The number of piperidine rings is 1. The lowest BCUT2D eigenvalue weighted by Gasteiger charge is -2.35. The van der Waals surface area contributed by atoms with E-state index in [4.69, 9.17) is 17.3 Å². The number of halogens is 1. The Balaban J connectivity index is 2.04. The third-order valence-electron chi connectivity index (χ3n) is 4.22. The fraction of sp³-hybridized carbons (Fsp3) is 0.500. The first-order valence-corrected chi connectivity index (χ1v) is 8.67. The van der Waals surface area contributed by atoms with Crippen molar-refractivity contribution in [1.29, 1.82) is 0 Å². The summed E-state index contributed by atoms with van der Waals surface area (Å²) in [6, 6.07) is 4.57. The number of benzene rings is 1. The molecule has 0 aliphatic carbocycles. The summed E-state index contributed by atoms with van der Waals surface area (Å²) in [6.45, 7) is 6.72. The standard InChI is InChI=1S/C18H24ClN3O3/c1-18(2,3)17(25)22-8-4-5-11(10-22)16(24)21-12-6-7-13(15(20)23)14(19)9-12/h6-7,9,11H,4-5,8,10H2,1-3H3,(H2,20,23)(H,21,24). The Morgan fingerprint density at radius 2 is 1.96 bits per heavy atom. The highest BCUT2D eigenvalue weighted by Crippen LogP contribution is 2.25. The normalized spacial score (nSPS) is 17.9. The van der Waals surface area contributed by atoms with E-state index in [2.05, 4.69) is 5.32 Å². The van der Waals surface area contributed by atoms with Crippen molar-refractivity contribution in [3.63, 3.8) is 0 Å². The molecule has 1 aromatic carbocycles. The summed E-state index contributed by atoms with van der Waals surface area (Å²) >= 11 is 6.00. The van der Waals surface area contributed by atoms with Crippen molar-refractivity contribution in [2.75, 3.05) is 18.4 Å². The fourth-order valence-electron chi connectivity index (χ4n) is 2.89. The molecule has 1 unspecified atom stereocenters. The largest absolute Gasteiger partial charge is 0.366 e. The molecule has 1 atom stereocenters. The van der Waals surface area contributed by atoms with E-state index in [1.807, 2.05) is 20.8 Å². The van der Waals surface area contributed by atoms with Gasteiger partial charge in [0, 0.05) is 24.2 Å². The second kappa shape index (κ2) is 7.44. The van der Waals surface area contributed by atoms with Crippen LogP contribution in [0.4, 0.5) is 5.69 Å². The quantitative estimate of drug-likeness (QED) is 0.862. The summed E-state index contributed by atoms with van der Waals surface area (Å²) in [5, 5.41) is 3.00. The Kier molecular flexibility index (Phi) is 5.72. The van der Waals surface area contributed by atoms with Gasteiger partial charge < -0.3 is 16.0 Å². The number of carbonyl (C=O) groups is 3. The Morgan fingerprint density at radius 3 is 2.52 bits per heavy atom. The smallest absolute Gasteiger partial charge is 0.250 e. The van der Waals surface area contributed by atoms with Crippen molar-refractivity contribution in [2.45, 2.75) is 33.6 Å². The second-order valence-electron chi connectivity index (χ2n) is 7.39. The van der Waals surface area contributed by atoms with Crippen LogP contribution in [0.5, 0.6) is 0 Å². The molecule has 1 aliphatic rings. The lowest BCUT2D eigenvalue weighted by molar-refractivity contribution is -0.142. The molecule has 6 nitrogen and oxygen atoms in total. The van der Waals surface area contributed by atoms with Gasteiger partial charge in [-0.3, -0.25) is 14.4 Å². The SMILES string of the molecule is CC(C)(C)C(=O)N1CCCC(C(=O)Nc2ccc(C(N)=O)c(Cl)c2)C1. The molecule has 0 bridgehead atoms. The zero-order chi connectivity index (χ0) is 18.8. The molecule has 0 radical (unpaired) electrons. The Labute approximate surface area is 152 Å². The highest BCUT2D eigenvalue weighted by atomic mass is 35.5. The molecule has 136 valence electrons. The van der Waals surface area contributed by atoms with Gasteiger partial charge in [-0.05, 0) is 31.0 Å². The molecule has 2 rings (SSSR count). The maximum atomic E-state index is 12.5. The molecule has 3 amide bonds. The number of nitrogens with zero attached hydrogens (tertiary/aromatic N) is 1. The van der Waals surface area contributed by atoms with Gasteiger partial charge in [0.15, 0.2) is 0 Å². The molecule has 3 N–H and O–H groups in total. The van der Waals surface area contributed by atoms with Crippen LogP contribution in [0.25, 0.3) is 0 Å². The number of rotatable bonds is 3. The van der Waals surface area contributed by atoms with Crippen molar-refractivity contribution in [1.82, 2.24) is 4.90 Å². The number of carbonyl (C=O) groups excluding carboxylic acids is 3. The molecular formula is C18H24ClN3O3. The first-order chi connectivity index (χ1) is 11.6. The molecule has 25 heavy (non-hydrogen) atoms. The van der Waals surface area contributed by atoms with Crippen LogP contribution in [0, 0.1) is 11.3 Å². The summed E-state index contributed by atoms with van der Waals surface area (Å²) in [6.07, 6.45) is 1.52. The van der Waals surface area contributed by atoms with Gasteiger partial charge >= 0.3 is 0 Å². The fourth-order valence-corrected chi connectivity index (χ4v) is 3.16. The van der Waals surface area contributed by atoms with Crippen LogP contribution in [0.2, 0.25) is 5.02 Å². The first-order valence-electron chi connectivity index (χ1n) is 8.29. The zero-order valence-corrected chi connectivity index (χ0v) is 15.5. The van der Waals surface area contributed by atoms with Crippen LogP contribution in [-0.4, -0.2) is 35.7 Å². The van der Waals surface area contributed by atoms with E-state index in [1.165, 1.54) is 12.1 Å². The van der Waals surface area contributed by atoms with Gasteiger partial charge in [-0.25, -0.2) is 0 Å². The van der Waals surface area contributed by atoms with Gasteiger partial charge in [0.2, 0.25) is 17.7 Å². The number of nitrogens with one attached hydrogen (secondary N) is 1. The highest BCUT2D eigenvalue weighted by Gasteiger charge is 2.33. The van der Waals surface area contributed by atoms with Gasteiger partial charge in [-0.1, -0.05) is 32.4 Å². The number of likely N-dealkylation sites (tertiary alicyclic amines) is 1. The van der Waals surface area contributed by atoms with Crippen LogP contribution in [0.3, 0.4) is 0 Å². The maximum Gasteiger partial charge on any atom is 0.250 e. The van der Waals surface area contributed by atoms with E-state index in [9.17, 15) is 14.4 Å². The number of hydrogen-bond donors (Lipinski definition) is 2. The number of nitrogens with two attached hydrogens (primary N) is 1. The third-order valence-corrected chi connectivity index (χ3v) is 4.54. The van der Waals surface area contributed by atoms with E-state index >= 15 is 0 Å². The van der Waals surface area contributed by atoms with Crippen molar-refractivity contribution >= 4 is 35.0 Å². The monoisotopic (exact) mass is 365 g/mol. The van der Waals surface area contributed by atoms with Crippen molar-refractivity contribution < 1.29 is 14.4 Å². The lowest BCUT2D eigenvalue weighted by Crippen LogP contribution is -2.47. The minimum Gasteiger partial charge on any atom is -0.366 e. The predicted octanol–water partition coefficient (Wildman–Crippen LogP) is 2.66. The summed E-state index contributed by atoms with van der Waals surface area (Å²) in [7, 11) is 0. The van der Waals surface area contributed by atoms with Crippen molar-refractivity contribution in [2.24, 2.45) is 17.1 Å². The summed E-state index contributed by atoms with van der Waals surface area (Å²) in [5.74, 6) is -0.991. The summed E-state index contributed by atoms with van der Waals surface area (Å²) in [4.78, 5) is 37.9. The van der Waals surface area contributed by atoms with Gasteiger partial charge in [-0.15, -0.1) is 0 Å². The number of amides is 3. The van der Waals surface area contributed by atoms with Crippen molar-refractivity contribution in [3.8, 4) is 0 Å². The molecule has 1 aromatic rings. The van der Waals surface area contributed by atoms with E-state index in [-0.39, 0.29) is 28.3 Å². The molecule has 1 fully saturated rings. The van der Waals surface area contributed by atoms with E-state index in [0.29, 0.717) is 18.8 Å². The minimum absolute atomic E-state index is 0.0545. The molecule has 1 saturated heterocycles. The number of hydrogen-bond acceptors (Lipinski definition) is 3. The van der Waals surface area contributed by atoms with Crippen LogP contribution < -0.4 is 11.1 Å². The van der Waals surface area contributed by atoms with E-state index < -0.39 is 11.3 Å². The minimum atomic E-state index is -0.619. The predicted molar refractivity (Wildman–Crippen MR) is 97.4 cm³/mol. The molecule has 0 saturated carbocycles. The van der Waals surface area contributed by atoms with Gasteiger partial charge in [0.1, 0.15) is 0 Å². The Morgan fingerprint density at radius 1 is 1.28 bits per heavy atom.